The first kappa shape index (κ1) is 76.1. The van der Waals surface area contributed by atoms with Crippen molar-refractivity contribution in [1.82, 2.24) is 52.5 Å². The van der Waals surface area contributed by atoms with Crippen LogP contribution in [0, 0.1) is 23.7 Å². The minimum absolute atomic E-state index is 0.0112. The van der Waals surface area contributed by atoms with Crippen LogP contribution in [0.25, 0.3) is 0 Å². The average Bonchev–Trinajstić information content (AvgIpc) is 4.16. The van der Waals surface area contributed by atoms with Gasteiger partial charge < -0.3 is 57.7 Å². The number of unbranched alkanes of at least 4 members (excludes halogenated alkanes) is 12. The number of ketones is 1. The van der Waals surface area contributed by atoms with Gasteiger partial charge in [-0.15, -0.1) is 0 Å². The molecule has 3 aromatic rings. The molecule has 0 saturated heterocycles. The van der Waals surface area contributed by atoms with Gasteiger partial charge >= 0.3 is 0 Å². The third kappa shape index (κ3) is 30.3. The third-order valence-corrected chi connectivity index (χ3v) is 15.9. The van der Waals surface area contributed by atoms with Crippen molar-refractivity contribution in [2.75, 3.05) is 6.61 Å². The summed E-state index contributed by atoms with van der Waals surface area (Å²) in [7, 11) is 0. The Bertz CT molecular complexity index is 2600. The number of hydrogen-bond donors (Lipinski definition) is 11. The summed E-state index contributed by atoms with van der Waals surface area (Å²) in [6.45, 7) is 17.5. The van der Waals surface area contributed by atoms with Crippen LogP contribution in [0.2, 0.25) is 0 Å². The number of phenols is 1. The lowest BCUT2D eigenvalue weighted by Crippen LogP contribution is -2.61. The molecule has 0 aliphatic heterocycles. The first-order valence-corrected chi connectivity index (χ1v) is 32.8. The number of phenolic OH excluding ortho intramolecular Hbond substituents is 1. The van der Waals surface area contributed by atoms with Gasteiger partial charge in [0.25, 0.3) is 0 Å². The summed E-state index contributed by atoms with van der Waals surface area (Å²) >= 11 is 0. The van der Waals surface area contributed by atoms with Crippen LogP contribution in [-0.4, -0.2) is 128 Å². The van der Waals surface area contributed by atoms with E-state index in [4.69, 9.17) is 0 Å². The van der Waals surface area contributed by atoms with Gasteiger partial charge in [-0.1, -0.05) is 188 Å². The predicted octanol–water partition coefficient (Wildman–Crippen LogP) is 7.27. The number of aliphatic hydroxyl groups is 1. The maximum Gasteiger partial charge on any atom is 0.245 e. The van der Waals surface area contributed by atoms with Crippen LogP contribution in [-0.2, 0) is 62.4 Å². The monoisotopic (exact) mass is 1240 g/mol. The van der Waals surface area contributed by atoms with E-state index in [1.165, 1.54) is 89.4 Å². The maximum absolute atomic E-state index is 14.6. The second kappa shape index (κ2) is 41.9. The molecule has 21 nitrogen and oxygen atoms in total. The Hall–Kier alpha value is -7.16. The number of aromatic nitrogens is 2. The van der Waals surface area contributed by atoms with Crippen LogP contribution in [0.5, 0.6) is 5.75 Å². The number of carbonyl (C=O) groups is 9. The molecule has 21 heteroatoms. The minimum Gasteiger partial charge on any atom is -0.508 e. The van der Waals surface area contributed by atoms with E-state index in [0.717, 1.165) is 24.8 Å². The molecule has 496 valence electrons. The van der Waals surface area contributed by atoms with E-state index in [9.17, 15) is 53.4 Å². The zero-order chi connectivity index (χ0) is 65.8. The number of aromatic amines is 1. The zero-order valence-electron chi connectivity index (χ0n) is 54.9. The highest BCUT2D eigenvalue weighted by Crippen LogP contribution is 2.18. The van der Waals surface area contributed by atoms with Gasteiger partial charge in [0.05, 0.1) is 19.0 Å². The smallest absolute Gasteiger partial charge is 0.245 e. The standard InChI is InChI=1S/C68H108N10O11/c1-11-13-14-15-16-17-18-19-20-21-22-23-27-30-60(82)71-54(35-44(3)4)62(83)75-57(39-50-31-33-52(81)34-32-50)64(85)73-55(36-45(5)6)63(84)76-58(40-51-41-69-43-70-51)65(86)77-59(42-79)67(88)74-56(37-46(7)8)66(87)78-61(47(9)12-2)68(89)72-53(48(10)80)38-49-28-25-24-26-29-49/h24-26,28-29,31-34,41,43-47,53-59,61,79,81H,11-23,27,30,35-40,42H2,1-10H3,(H,69,70)(H,71,82)(H,72,89)(H,73,85)(H,74,88)(H,75,83)(H,76,84)(H,77,86)(H,78,87)/t47-,53-,54-,55-,56-,57-,58-,59-,61-/m0/s1. The topological polar surface area (TPSA) is 319 Å². The SMILES string of the molecule is CCCCCCCCCCCCCCCC(=O)N[C@@H](CC(C)C)C(=O)N[C@@H](Cc1ccc(O)cc1)C(=O)N[C@@H](CC(C)C)C(=O)N[C@@H](Cc1cnc[nH]1)C(=O)N[C@@H](CO)C(=O)N[C@@H](CC(C)C)C(=O)N[C@H](C(=O)N[C@@H](Cc1ccccc1)C(C)=O)[C@@H](C)CC. The number of nitrogens with zero attached hydrogens (tertiary/aromatic N) is 1. The fourth-order valence-electron chi connectivity index (χ4n) is 10.5. The van der Waals surface area contributed by atoms with Gasteiger partial charge in [-0.25, -0.2) is 4.98 Å². The molecule has 2 aromatic carbocycles. The average molecular weight is 1240 g/mol. The molecule has 3 rings (SSSR count). The number of nitrogens with one attached hydrogen (secondary N) is 9. The summed E-state index contributed by atoms with van der Waals surface area (Å²) in [5, 5.41) is 42.8. The number of hydrogen-bond acceptors (Lipinski definition) is 12. The quantitative estimate of drug-likeness (QED) is 0.0249. The van der Waals surface area contributed by atoms with E-state index in [1.807, 2.05) is 78.8 Å². The van der Waals surface area contributed by atoms with E-state index in [-0.39, 0.29) is 80.1 Å². The van der Waals surface area contributed by atoms with Gasteiger partial charge in [-0.05, 0) is 86.0 Å². The van der Waals surface area contributed by atoms with Crippen molar-refractivity contribution >= 4 is 53.0 Å². The van der Waals surface area contributed by atoms with Crippen molar-refractivity contribution < 1.29 is 53.4 Å². The largest absolute Gasteiger partial charge is 0.508 e. The molecule has 11 N–H and O–H groups in total. The Morgan fingerprint density at radius 2 is 0.865 bits per heavy atom. The third-order valence-electron chi connectivity index (χ3n) is 15.9. The fourth-order valence-corrected chi connectivity index (χ4v) is 10.5. The van der Waals surface area contributed by atoms with Crippen molar-refractivity contribution in [2.45, 2.75) is 252 Å². The summed E-state index contributed by atoms with van der Waals surface area (Å²) in [6.07, 6.45) is 19.1. The molecular formula is C68H108N10O11. The molecule has 0 fully saturated rings. The molecule has 0 unspecified atom stereocenters. The number of benzene rings is 2. The molecule has 1 heterocycles. The highest BCUT2D eigenvalue weighted by molar-refractivity contribution is 5.98. The van der Waals surface area contributed by atoms with Gasteiger partial charge in [0.1, 0.15) is 48.0 Å². The van der Waals surface area contributed by atoms with Crippen LogP contribution < -0.4 is 42.5 Å². The lowest BCUT2D eigenvalue weighted by atomic mass is 9.95. The number of rotatable bonds is 45. The Labute approximate surface area is 529 Å². The highest BCUT2D eigenvalue weighted by Gasteiger charge is 2.36. The van der Waals surface area contributed by atoms with Crippen LogP contribution in [0.1, 0.15) is 202 Å². The van der Waals surface area contributed by atoms with Gasteiger partial charge in [-0.3, -0.25) is 43.2 Å². The maximum atomic E-state index is 14.6. The lowest BCUT2D eigenvalue weighted by molar-refractivity contribution is -0.136. The normalized spacial score (nSPS) is 14.4. The van der Waals surface area contributed by atoms with Crippen LogP contribution in [0.4, 0.5) is 0 Å². The molecule has 0 spiro atoms. The van der Waals surface area contributed by atoms with E-state index in [1.54, 1.807) is 19.1 Å². The number of aromatic hydroxyl groups is 1. The second-order valence-corrected chi connectivity index (χ2v) is 25.4. The number of amides is 8. The summed E-state index contributed by atoms with van der Waals surface area (Å²) in [6, 6.07) is 5.46. The van der Waals surface area contributed by atoms with Crippen molar-refractivity contribution in [2.24, 2.45) is 23.7 Å². The second-order valence-electron chi connectivity index (χ2n) is 25.4. The Balaban J connectivity index is 1.79. The van der Waals surface area contributed by atoms with Gasteiger partial charge in [0.2, 0.25) is 47.3 Å². The predicted molar refractivity (Wildman–Crippen MR) is 346 cm³/mol. The molecule has 0 saturated carbocycles. The zero-order valence-corrected chi connectivity index (χ0v) is 54.9. The Morgan fingerprint density at radius 3 is 1.33 bits per heavy atom. The number of Topliss-reactive ketones (excluding diaryl/α,β-unsaturated/α-hetero) is 1. The molecular weight excluding hydrogens is 1130 g/mol. The summed E-state index contributed by atoms with van der Waals surface area (Å²) in [5.41, 5.74) is 1.82. The molecule has 0 aliphatic carbocycles. The van der Waals surface area contributed by atoms with E-state index >= 15 is 0 Å². The molecule has 1 aromatic heterocycles. The summed E-state index contributed by atoms with van der Waals surface area (Å²) in [4.78, 5) is 133. The fraction of sp³-hybridized carbons (Fsp3) is 0.647. The molecule has 0 radical (unpaired) electrons. The minimum atomic E-state index is -1.65. The first-order valence-electron chi connectivity index (χ1n) is 32.8. The van der Waals surface area contributed by atoms with Crippen molar-refractivity contribution in [3.63, 3.8) is 0 Å². The highest BCUT2D eigenvalue weighted by atomic mass is 16.3. The molecule has 0 bridgehead atoms. The molecule has 8 amide bonds. The number of carbonyl (C=O) groups excluding carboxylic acids is 9. The van der Waals surface area contributed by atoms with Gasteiger partial charge in [0.15, 0.2) is 5.78 Å². The Morgan fingerprint density at radius 1 is 0.461 bits per heavy atom. The van der Waals surface area contributed by atoms with Crippen LogP contribution >= 0.6 is 0 Å². The molecule has 89 heavy (non-hydrogen) atoms. The molecule has 0 aliphatic rings. The van der Waals surface area contributed by atoms with Crippen LogP contribution in [0.15, 0.2) is 67.1 Å². The Kier molecular flexibility index (Phi) is 35.9. The molecule has 9 atom stereocenters. The van der Waals surface area contributed by atoms with Gasteiger partial charge in [0, 0.05) is 31.2 Å². The first-order chi connectivity index (χ1) is 42.4. The van der Waals surface area contributed by atoms with Crippen molar-refractivity contribution in [1.29, 1.82) is 0 Å². The van der Waals surface area contributed by atoms with E-state index < -0.39 is 102 Å². The lowest BCUT2D eigenvalue weighted by Gasteiger charge is -2.29. The number of H-pyrrole nitrogens is 1. The van der Waals surface area contributed by atoms with E-state index in [2.05, 4.69) is 59.4 Å². The number of imidazole rings is 1. The summed E-state index contributed by atoms with van der Waals surface area (Å²) < 4.78 is 0. The van der Waals surface area contributed by atoms with Crippen LogP contribution in [0.3, 0.4) is 0 Å². The van der Waals surface area contributed by atoms with E-state index in [0.29, 0.717) is 24.1 Å². The van der Waals surface area contributed by atoms with Gasteiger partial charge in [-0.2, -0.15) is 0 Å². The van der Waals surface area contributed by atoms with Crippen molar-refractivity contribution in [3.8, 4) is 5.75 Å². The number of aliphatic hydroxyl groups excluding tert-OH is 1. The van der Waals surface area contributed by atoms with Crippen molar-refractivity contribution in [3.05, 3.63) is 83.9 Å². The summed E-state index contributed by atoms with van der Waals surface area (Å²) in [5.74, 6) is -6.56.